The van der Waals surface area contributed by atoms with Gasteiger partial charge in [-0.05, 0) is 52.3 Å². The monoisotopic (exact) mass is 394 g/mol. The molecule has 2 heterocycles. The zero-order valence-electron chi connectivity index (χ0n) is 17.3. The number of hydrazine groups is 1. The van der Waals surface area contributed by atoms with E-state index in [0.29, 0.717) is 11.3 Å². The van der Waals surface area contributed by atoms with Gasteiger partial charge in [0.15, 0.2) is 5.65 Å². The first-order valence-electron chi connectivity index (χ1n) is 9.51. The summed E-state index contributed by atoms with van der Waals surface area (Å²) in [5.74, 6) is -0.772. The van der Waals surface area contributed by atoms with Gasteiger partial charge in [-0.2, -0.15) is 5.10 Å². The van der Waals surface area contributed by atoms with Gasteiger partial charge in [0.05, 0.1) is 24.0 Å². The van der Waals surface area contributed by atoms with E-state index < -0.39 is 5.91 Å². The average molecular weight is 394 g/mol. The maximum Gasteiger partial charge on any atom is 0.271 e. The van der Waals surface area contributed by atoms with E-state index in [9.17, 15) is 9.59 Å². The number of amides is 2. The molecule has 29 heavy (non-hydrogen) atoms. The Hall–Kier alpha value is -3.42. The van der Waals surface area contributed by atoms with Gasteiger partial charge >= 0.3 is 0 Å². The van der Waals surface area contributed by atoms with Crippen LogP contribution in [0.3, 0.4) is 0 Å². The van der Waals surface area contributed by atoms with Crippen LogP contribution in [0.4, 0.5) is 5.69 Å². The van der Waals surface area contributed by atoms with Gasteiger partial charge in [-0.15, -0.1) is 0 Å². The van der Waals surface area contributed by atoms with Gasteiger partial charge in [-0.1, -0.05) is 17.7 Å². The lowest BCUT2D eigenvalue weighted by Crippen LogP contribution is -2.44. The molecule has 0 aliphatic rings. The second-order valence-electron chi connectivity index (χ2n) is 7.39. The predicted molar refractivity (Wildman–Crippen MR) is 113 cm³/mol. The van der Waals surface area contributed by atoms with Crippen molar-refractivity contribution < 1.29 is 9.59 Å². The average Bonchev–Trinajstić information content (AvgIpc) is 3.07. The fourth-order valence-electron chi connectivity index (χ4n) is 3.10. The number of carbonyl (C=O) groups excluding carboxylic acids is 2. The summed E-state index contributed by atoms with van der Waals surface area (Å²) < 4.78 is 1.81. The summed E-state index contributed by atoms with van der Waals surface area (Å²) in [6.45, 7) is 9.83. The van der Waals surface area contributed by atoms with Crippen molar-refractivity contribution in [3.63, 3.8) is 0 Å². The number of benzene rings is 1. The van der Waals surface area contributed by atoms with E-state index in [1.54, 1.807) is 19.2 Å². The van der Waals surface area contributed by atoms with E-state index in [-0.39, 0.29) is 18.5 Å². The number of hydrogen-bond donors (Lipinski definition) is 3. The first-order valence-corrected chi connectivity index (χ1v) is 9.51. The number of aryl methyl sites for hydroxylation is 3. The largest absolute Gasteiger partial charge is 0.376 e. The second-order valence-corrected chi connectivity index (χ2v) is 7.39. The zero-order valence-corrected chi connectivity index (χ0v) is 17.3. The topological polar surface area (TPSA) is 101 Å². The number of carbonyl (C=O) groups is 2. The molecule has 2 amide bonds. The molecule has 0 saturated heterocycles. The van der Waals surface area contributed by atoms with Gasteiger partial charge in [0.25, 0.3) is 11.8 Å². The quantitative estimate of drug-likeness (QED) is 0.578. The first kappa shape index (κ1) is 20.3. The maximum absolute atomic E-state index is 12.5. The van der Waals surface area contributed by atoms with Gasteiger partial charge in [-0.3, -0.25) is 20.4 Å². The molecule has 8 nitrogen and oxygen atoms in total. The van der Waals surface area contributed by atoms with E-state index >= 15 is 0 Å². The number of hydrogen-bond acceptors (Lipinski definition) is 5. The molecular weight excluding hydrogens is 368 g/mol. The third kappa shape index (κ3) is 4.53. The van der Waals surface area contributed by atoms with Crippen LogP contribution in [0, 0.1) is 20.8 Å². The molecule has 0 aliphatic heterocycles. The summed E-state index contributed by atoms with van der Waals surface area (Å²) in [6, 6.07) is 7.84. The highest BCUT2D eigenvalue weighted by atomic mass is 16.2. The van der Waals surface area contributed by atoms with E-state index in [1.807, 2.05) is 50.6 Å². The molecule has 3 aromatic rings. The number of fused-ring (bicyclic) bond motifs is 1. The molecule has 3 rings (SSSR count). The van der Waals surface area contributed by atoms with E-state index in [4.69, 9.17) is 0 Å². The van der Waals surface area contributed by atoms with Gasteiger partial charge < -0.3 is 5.32 Å². The molecule has 0 spiro atoms. The van der Waals surface area contributed by atoms with Gasteiger partial charge in [0.1, 0.15) is 0 Å². The Kier molecular flexibility index (Phi) is 5.81. The molecule has 0 fully saturated rings. The third-order valence-electron chi connectivity index (χ3n) is 4.63. The summed E-state index contributed by atoms with van der Waals surface area (Å²) in [5.41, 5.74) is 9.66. The standard InChI is InChI=1S/C21H26N6O2/c1-12(2)27-20-16(10-23-27)9-17(15(5)24-20)21(29)26-25-19(28)11-22-18-7-6-13(3)8-14(18)4/h6-10,12,22H,11H2,1-5H3,(H,25,28)(H,26,29). The predicted octanol–water partition coefficient (Wildman–Crippen LogP) is 2.81. The Morgan fingerprint density at radius 3 is 2.55 bits per heavy atom. The minimum atomic E-state index is -0.422. The third-order valence-corrected chi connectivity index (χ3v) is 4.63. The van der Waals surface area contributed by atoms with Crippen LogP contribution in [-0.4, -0.2) is 33.1 Å². The molecule has 8 heteroatoms. The molecule has 0 aliphatic carbocycles. The van der Waals surface area contributed by atoms with Crippen LogP contribution in [0.2, 0.25) is 0 Å². The minimum Gasteiger partial charge on any atom is -0.376 e. The van der Waals surface area contributed by atoms with Crippen molar-refractivity contribution in [2.75, 3.05) is 11.9 Å². The van der Waals surface area contributed by atoms with Crippen molar-refractivity contribution in [2.24, 2.45) is 0 Å². The molecule has 0 atom stereocenters. The lowest BCUT2D eigenvalue weighted by Gasteiger charge is -2.12. The van der Waals surface area contributed by atoms with Crippen LogP contribution in [0.25, 0.3) is 11.0 Å². The van der Waals surface area contributed by atoms with Crippen molar-refractivity contribution in [1.82, 2.24) is 25.6 Å². The summed E-state index contributed by atoms with van der Waals surface area (Å²) in [4.78, 5) is 29.1. The second kappa shape index (κ2) is 8.30. The van der Waals surface area contributed by atoms with Gasteiger partial charge in [0.2, 0.25) is 0 Å². The number of nitrogens with one attached hydrogen (secondary N) is 3. The Morgan fingerprint density at radius 2 is 1.86 bits per heavy atom. The van der Waals surface area contributed by atoms with E-state index in [0.717, 1.165) is 27.8 Å². The lowest BCUT2D eigenvalue weighted by molar-refractivity contribution is -0.120. The fourth-order valence-corrected chi connectivity index (χ4v) is 3.10. The molecule has 2 aromatic heterocycles. The van der Waals surface area contributed by atoms with Crippen LogP contribution < -0.4 is 16.2 Å². The molecule has 0 unspecified atom stereocenters. The molecule has 0 saturated carbocycles. The van der Waals surface area contributed by atoms with Crippen LogP contribution in [-0.2, 0) is 4.79 Å². The number of pyridine rings is 1. The Bertz CT molecular complexity index is 1070. The Balaban J connectivity index is 1.61. The molecule has 1 aromatic carbocycles. The van der Waals surface area contributed by atoms with Crippen molar-refractivity contribution in [2.45, 2.75) is 40.7 Å². The van der Waals surface area contributed by atoms with Crippen LogP contribution in [0.1, 0.15) is 47.1 Å². The summed E-state index contributed by atoms with van der Waals surface area (Å²) >= 11 is 0. The van der Waals surface area contributed by atoms with Gasteiger partial charge in [-0.25, -0.2) is 9.67 Å². The van der Waals surface area contributed by atoms with Crippen molar-refractivity contribution in [1.29, 1.82) is 0 Å². The lowest BCUT2D eigenvalue weighted by atomic mass is 10.1. The van der Waals surface area contributed by atoms with Gasteiger partial charge in [0, 0.05) is 17.1 Å². The van der Waals surface area contributed by atoms with E-state index in [1.165, 1.54) is 0 Å². The number of rotatable bonds is 5. The van der Waals surface area contributed by atoms with Crippen molar-refractivity contribution in [3.8, 4) is 0 Å². The summed E-state index contributed by atoms with van der Waals surface area (Å²) in [7, 11) is 0. The SMILES string of the molecule is Cc1ccc(NCC(=O)NNC(=O)c2cc3cnn(C(C)C)c3nc2C)c(C)c1. The Labute approximate surface area is 169 Å². The van der Waals surface area contributed by atoms with Crippen molar-refractivity contribution >= 4 is 28.5 Å². The Morgan fingerprint density at radius 1 is 1.10 bits per heavy atom. The van der Waals surface area contributed by atoms with Crippen LogP contribution in [0.5, 0.6) is 0 Å². The van der Waals surface area contributed by atoms with Crippen LogP contribution in [0.15, 0.2) is 30.5 Å². The highest BCUT2D eigenvalue weighted by Crippen LogP contribution is 2.19. The molecule has 0 bridgehead atoms. The summed E-state index contributed by atoms with van der Waals surface area (Å²) in [6.07, 6.45) is 1.69. The molecular formula is C21H26N6O2. The molecule has 0 radical (unpaired) electrons. The zero-order chi connectivity index (χ0) is 21.1. The fraction of sp³-hybridized carbons (Fsp3) is 0.333. The first-order chi connectivity index (χ1) is 13.8. The molecule has 3 N–H and O–H groups in total. The van der Waals surface area contributed by atoms with E-state index in [2.05, 4.69) is 26.3 Å². The van der Waals surface area contributed by atoms with Crippen molar-refractivity contribution in [3.05, 3.63) is 52.8 Å². The highest BCUT2D eigenvalue weighted by molar-refractivity contribution is 5.99. The minimum absolute atomic E-state index is 0.0433. The highest BCUT2D eigenvalue weighted by Gasteiger charge is 2.16. The number of anilines is 1. The van der Waals surface area contributed by atoms with Crippen LogP contribution >= 0.6 is 0 Å². The molecule has 152 valence electrons. The number of aromatic nitrogens is 3. The number of nitrogens with zero attached hydrogens (tertiary/aromatic N) is 3. The smallest absolute Gasteiger partial charge is 0.271 e. The maximum atomic E-state index is 12.5. The normalized spacial score (nSPS) is 11.0. The summed E-state index contributed by atoms with van der Waals surface area (Å²) in [5, 5.41) is 8.16.